The zero-order valence-electron chi connectivity index (χ0n) is 16.4. The van der Waals surface area contributed by atoms with E-state index in [0.717, 1.165) is 5.69 Å². The Morgan fingerprint density at radius 1 is 1.10 bits per heavy atom. The zero-order valence-corrected chi connectivity index (χ0v) is 17.2. The van der Waals surface area contributed by atoms with Crippen molar-refractivity contribution in [2.24, 2.45) is 0 Å². The molecule has 0 spiro atoms. The quantitative estimate of drug-likeness (QED) is 0.772. The molecule has 2 amide bonds. The number of hydrogen-bond acceptors (Lipinski definition) is 5. The monoisotopic (exact) mass is 421 g/mol. The summed E-state index contributed by atoms with van der Waals surface area (Å²) in [6, 6.07) is 7.38. The van der Waals surface area contributed by atoms with E-state index in [9.17, 15) is 17.6 Å². The first-order valence-electron chi connectivity index (χ1n) is 9.17. The Morgan fingerprint density at radius 3 is 2.41 bits per heavy atom. The van der Waals surface area contributed by atoms with E-state index >= 15 is 0 Å². The van der Waals surface area contributed by atoms with Gasteiger partial charge in [0.05, 0.1) is 18.1 Å². The van der Waals surface area contributed by atoms with Crippen molar-refractivity contribution in [3.05, 3.63) is 53.6 Å². The highest BCUT2D eigenvalue weighted by molar-refractivity contribution is 7.88. The maximum Gasteiger partial charge on any atom is 0.323 e. The summed E-state index contributed by atoms with van der Waals surface area (Å²) in [5.74, 6) is -0.454. The first-order valence-corrected chi connectivity index (χ1v) is 11.0. The molecule has 2 N–H and O–H groups in total. The highest BCUT2D eigenvalue weighted by Gasteiger charge is 2.23. The number of sulfonamides is 1. The van der Waals surface area contributed by atoms with Crippen molar-refractivity contribution >= 4 is 27.4 Å². The molecule has 2 aromatic rings. The molecule has 1 aliphatic rings. The summed E-state index contributed by atoms with van der Waals surface area (Å²) in [4.78, 5) is 18.3. The minimum Gasteiger partial charge on any atom is -0.308 e. The van der Waals surface area contributed by atoms with Crippen LogP contribution in [0.3, 0.4) is 0 Å². The maximum absolute atomic E-state index is 14.0. The van der Waals surface area contributed by atoms with Gasteiger partial charge < -0.3 is 10.6 Å². The lowest BCUT2D eigenvalue weighted by Gasteiger charge is -2.33. The second-order valence-corrected chi connectivity index (χ2v) is 9.04. The lowest BCUT2D eigenvalue weighted by atomic mass is 10.1. The van der Waals surface area contributed by atoms with Crippen LogP contribution in [0.25, 0.3) is 0 Å². The number of nitrogens with zero attached hydrogens (tertiary/aromatic N) is 3. The molecule has 1 saturated heterocycles. The van der Waals surface area contributed by atoms with Crippen molar-refractivity contribution in [2.45, 2.75) is 13.5 Å². The van der Waals surface area contributed by atoms with Crippen LogP contribution < -0.4 is 10.6 Å². The van der Waals surface area contributed by atoms with Crippen LogP contribution in [-0.2, 0) is 16.6 Å². The summed E-state index contributed by atoms with van der Waals surface area (Å²) < 4.78 is 38.7. The Labute approximate surface area is 169 Å². The van der Waals surface area contributed by atoms with Crippen LogP contribution in [0.2, 0.25) is 0 Å². The average Bonchev–Trinajstić information content (AvgIpc) is 2.63. The van der Waals surface area contributed by atoms with Gasteiger partial charge in [0.15, 0.2) is 0 Å². The number of anilines is 2. The van der Waals surface area contributed by atoms with Crippen LogP contribution in [0.4, 0.5) is 20.6 Å². The second-order valence-electron chi connectivity index (χ2n) is 7.05. The third kappa shape index (κ3) is 6.21. The normalized spacial score (nSPS) is 15.8. The van der Waals surface area contributed by atoms with Gasteiger partial charge in [-0.15, -0.1) is 0 Å². The summed E-state index contributed by atoms with van der Waals surface area (Å²) in [6.07, 6.45) is 2.74. The number of carbonyl (C=O) groups excluding carboxylic acids is 1. The Hall–Kier alpha value is -2.56. The Morgan fingerprint density at radius 2 is 1.79 bits per heavy atom. The van der Waals surface area contributed by atoms with Gasteiger partial charge >= 0.3 is 6.03 Å². The number of urea groups is 1. The SMILES string of the molecule is Cc1ccc(NC(=O)Nc2cc(F)cc(CN3CCN(S(C)(=O)=O)CC3)c2)cn1. The van der Waals surface area contributed by atoms with Crippen molar-refractivity contribution in [3.8, 4) is 0 Å². The topological polar surface area (TPSA) is 94.6 Å². The van der Waals surface area contributed by atoms with E-state index in [1.165, 1.54) is 22.7 Å². The van der Waals surface area contributed by atoms with E-state index in [-0.39, 0.29) is 0 Å². The lowest BCUT2D eigenvalue weighted by molar-refractivity contribution is 0.182. The number of nitrogens with one attached hydrogen (secondary N) is 2. The number of benzene rings is 1. The minimum absolute atomic E-state index is 0.340. The van der Waals surface area contributed by atoms with Crippen LogP contribution in [0.1, 0.15) is 11.3 Å². The van der Waals surface area contributed by atoms with Gasteiger partial charge in [0.25, 0.3) is 0 Å². The third-order valence-corrected chi connectivity index (χ3v) is 5.89. The molecule has 156 valence electrons. The molecule has 29 heavy (non-hydrogen) atoms. The number of piperazine rings is 1. The molecule has 3 rings (SSSR count). The van der Waals surface area contributed by atoms with Crippen molar-refractivity contribution in [1.82, 2.24) is 14.2 Å². The number of rotatable bonds is 5. The van der Waals surface area contributed by atoms with Gasteiger partial charge in [-0.3, -0.25) is 9.88 Å². The largest absolute Gasteiger partial charge is 0.323 e. The molecule has 2 heterocycles. The lowest BCUT2D eigenvalue weighted by Crippen LogP contribution is -2.47. The number of halogens is 1. The molecule has 1 aromatic carbocycles. The summed E-state index contributed by atoms with van der Waals surface area (Å²) in [6.45, 7) is 4.26. The third-order valence-electron chi connectivity index (χ3n) is 4.59. The Bertz CT molecular complexity index is 974. The molecule has 1 fully saturated rings. The minimum atomic E-state index is -3.19. The van der Waals surface area contributed by atoms with Crippen LogP contribution in [-0.4, -0.2) is 61.1 Å². The fourth-order valence-electron chi connectivity index (χ4n) is 3.13. The van der Waals surface area contributed by atoms with Gasteiger partial charge in [0, 0.05) is 44.1 Å². The number of aryl methyl sites for hydroxylation is 1. The van der Waals surface area contributed by atoms with Gasteiger partial charge in [-0.1, -0.05) is 0 Å². The van der Waals surface area contributed by atoms with Gasteiger partial charge in [-0.05, 0) is 42.8 Å². The number of hydrogen-bond donors (Lipinski definition) is 2. The van der Waals surface area contributed by atoms with Crippen LogP contribution in [0, 0.1) is 12.7 Å². The number of amides is 2. The Balaban J connectivity index is 1.59. The van der Waals surface area contributed by atoms with Crippen molar-refractivity contribution < 1.29 is 17.6 Å². The molecular weight excluding hydrogens is 397 g/mol. The fraction of sp³-hybridized carbons (Fsp3) is 0.368. The Kier molecular flexibility index (Phi) is 6.46. The van der Waals surface area contributed by atoms with Gasteiger partial charge in [0.2, 0.25) is 10.0 Å². The molecule has 0 unspecified atom stereocenters. The maximum atomic E-state index is 14.0. The van der Waals surface area contributed by atoms with Crippen LogP contribution in [0.15, 0.2) is 36.5 Å². The van der Waals surface area contributed by atoms with Crippen LogP contribution >= 0.6 is 0 Å². The van der Waals surface area contributed by atoms with Crippen molar-refractivity contribution in [1.29, 1.82) is 0 Å². The first-order chi connectivity index (χ1) is 13.7. The molecule has 1 aromatic heterocycles. The molecule has 8 nitrogen and oxygen atoms in total. The first kappa shape index (κ1) is 21.2. The summed E-state index contributed by atoms with van der Waals surface area (Å²) in [5.41, 5.74) is 2.41. The molecule has 0 bridgehead atoms. The number of carbonyl (C=O) groups is 1. The standard InChI is InChI=1S/C19H24FN5O3S/c1-14-3-4-17(12-21-14)22-19(26)23-18-10-15(9-16(20)11-18)13-24-5-7-25(8-6-24)29(2,27)28/h3-4,9-12H,5-8,13H2,1-2H3,(H2,22,23,26). The highest BCUT2D eigenvalue weighted by Crippen LogP contribution is 2.18. The van der Waals surface area contributed by atoms with Gasteiger partial charge in [-0.25, -0.2) is 17.6 Å². The molecule has 0 saturated carbocycles. The van der Waals surface area contributed by atoms with E-state index in [1.807, 2.05) is 6.92 Å². The van der Waals surface area contributed by atoms with Gasteiger partial charge in [0.1, 0.15) is 5.82 Å². The molecule has 0 aliphatic carbocycles. The second kappa shape index (κ2) is 8.85. The van der Waals surface area contributed by atoms with E-state index in [1.54, 1.807) is 24.4 Å². The fourth-order valence-corrected chi connectivity index (χ4v) is 3.95. The molecule has 10 heteroatoms. The summed E-state index contributed by atoms with van der Waals surface area (Å²) in [5, 5.41) is 5.28. The molecule has 1 aliphatic heterocycles. The van der Waals surface area contributed by atoms with E-state index in [4.69, 9.17) is 0 Å². The number of aromatic nitrogens is 1. The zero-order chi connectivity index (χ0) is 21.0. The molecule has 0 atom stereocenters. The van der Waals surface area contributed by atoms with E-state index in [0.29, 0.717) is 49.7 Å². The number of pyridine rings is 1. The summed E-state index contributed by atoms with van der Waals surface area (Å²) >= 11 is 0. The smallest absolute Gasteiger partial charge is 0.308 e. The van der Waals surface area contributed by atoms with Crippen LogP contribution in [0.5, 0.6) is 0 Å². The van der Waals surface area contributed by atoms with Gasteiger partial charge in [-0.2, -0.15) is 4.31 Å². The molecule has 0 radical (unpaired) electrons. The average molecular weight is 421 g/mol. The van der Waals surface area contributed by atoms with E-state index < -0.39 is 21.9 Å². The molecular formula is C19H24FN5O3S. The highest BCUT2D eigenvalue weighted by atomic mass is 32.2. The van der Waals surface area contributed by atoms with E-state index in [2.05, 4.69) is 20.5 Å². The summed E-state index contributed by atoms with van der Waals surface area (Å²) in [7, 11) is -3.19. The predicted molar refractivity (Wildman–Crippen MR) is 110 cm³/mol. The van der Waals surface area contributed by atoms with Crippen molar-refractivity contribution in [3.63, 3.8) is 0 Å². The predicted octanol–water partition coefficient (Wildman–Crippen LogP) is 2.25. The van der Waals surface area contributed by atoms with Crippen molar-refractivity contribution in [2.75, 3.05) is 43.1 Å².